The Hall–Kier alpha value is -2.09. The number of hydrogen-bond acceptors (Lipinski definition) is 7. The fourth-order valence-corrected chi connectivity index (χ4v) is 3.32. The summed E-state index contributed by atoms with van der Waals surface area (Å²) in [7, 11) is 0. The summed E-state index contributed by atoms with van der Waals surface area (Å²) in [6, 6.07) is 5.69. The maximum atomic E-state index is 9.07. The Balaban J connectivity index is 1.80. The molecular formula is C15H17N5OS. The van der Waals surface area contributed by atoms with E-state index in [-0.39, 0.29) is 12.6 Å². The van der Waals surface area contributed by atoms with Crippen molar-refractivity contribution >= 4 is 27.2 Å². The Morgan fingerprint density at radius 3 is 2.91 bits per heavy atom. The van der Waals surface area contributed by atoms with E-state index in [2.05, 4.69) is 20.5 Å². The van der Waals surface area contributed by atoms with E-state index in [4.69, 9.17) is 10.8 Å². The van der Waals surface area contributed by atoms with Crippen LogP contribution in [0.2, 0.25) is 0 Å². The minimum Gasteiger partial charge on any atom is -0.395 e. The highest BCUT2D eigenvalue weighted by atomic mass is 32.1. The van der Waals surface area contributed by atoms with Gasteiger partial charge in [0.25, 0.3) is 0 Å². The van der Waals surface area contributed by atoms with Crippen LogP contribution in [0.3, 0.4) is 0 Å². The van der Waals surface area contributed by atoms with Crippen LogP contribution in [-0.2, 0) is 13.0 Å². The number of aliphatic hydroxyl groups is 1. The Morgan fingerprint density at radius 1 is 1.32 bits per heavy atom. The summed E-state index contributed by atoms with van der Waals surface area (Å²) in [4.78, 5) is 5.11. The summed E-state index contributed by atoms with van der Waals surface area (Å²) in [6.45, 7) is 0.680. The van der Waals surface area contributed by atoms with Crippen molar-refractivity contribution < 1.29 is 5.11 Å². The highest BCUT2D eigenvalue weighted by molar-refractivity contribution is 7.19. The molecule has 0 fully saturated rings. The van der Waals surface area contributed by atoms with E-state index in [9.17, 15) is 0 Å². The molecule has 3 aromatic heterocycles. The van der Waals surface area contributed by atoms with Crippen molar-refractivity contribution in [3.63, 3.8) is 0 Å². The fourth-order valence-electron chi connectivity index (χ4n) is 2.15. The predicted molar refractivity (Wildman–Crippen MR) is 87.7 cm³/mol. The molecule has 3 aromatic rings. The van der Waals surface area contributed by atoms with Gasteiger partial charge in [-0.2, -0.15) is 5.10 Å². The van der Waals surface area contributed by atoms with Crippen molar-refractivity contribution in [2.24, 2.45) is 5.73 Å². The lowest BCUT2D eigenvalue weighted by atomic mass is 10.2. The summed E-state index contributed by atoms with van der Waals surface area (Å²) in [5, 5.41) is 20.7. The topological polar surface area (TPSA) is 97.0 Å². The van der Waals surface area contributed by atoms with Crippen molar-refractivity contribution in [1.29, 1.82) is 0 Å². The Bertz CT molecular complexity index is 746. The molecule has 0 amide bonds. The van der Waals surface area contributed by atoms with Crippen LogP contribution in [0.5, 0.6) is 0 Å². The van der Waals surface area contributed by atoms with Gasteiger partial charge in [0.1, 0.15) is 5.52 Å². The zero-order chi connectivity index (χ0) is 15.4. The van der Waals surface area contributed by atoms with Gasteiger partial charge in [-0.05, 0) is 30.2 Å². The molecular weight excluding hydrogens is 298 g/mol. The second-order valence-corrected chi connectivity index (χ2v) is 6.18. The van der Waals surface area contributed by atoms with Gasteiger partial charge in [-0.15, -0.1) is 16.4 Å². The molecule has 0 aliphatic rings. The van der Waals surface area contributed by atoms with Crippen molar-refractivity contribution in [3.05, 3.63) is 47.2 Å². The fraction of sp³-hybridized carbons (Fsp3) is 0.267. The molecule has 0 aliphatic carbocycles. The summed E-state index contributed by atoms with van der Waals surface area (Å²) in [5.74, 6) is 0. The number of hydrogen-bond donors (Lipinski definition) is 3. The number of fused-ring (bicyclic) bond motifs is 1. The number of pyridine rings is 1. The molecule has 3 rings (SSSR count). The number of nitrogens with one attached hydrogen (secondary N) is 1. The van der Waals surface area contributed by atoms with Gasteiger partial charge >= 0.3 is 0 Å². The minimum atomic E-state index is -0.241. The Labute approximate surface area is 132 Å². The maximum Gasteiger partial charge on any atom is 0.106 e. The zero-order valence-electron chi connectivity index (χ0n) is 11.9. The molecule has 0 saturated heterocycles. The molecule has 3 heterocycles. The van der Waals surface area contributed by atoms with Crippen molar-refractivity contribution in [3.8, 4) is 0 Å². The number of nitrogens with two attached hydrogens (primary N) is 1. The molecule has 7 heteroatoms. The van der Waals surface area contributed by atoms with Gasteiger partial charge < -0.3 is 16.2 Å². The highest BCUT2D eigenvalue weighted by Crippen LogP contribution is 2.30. The molecule has 114 valence electrons. The van der Waals surface area contributed by atoms with Gasteiger partial charge in [0.2, 0.25) is 0 Å². The van der Waals surface area contributed by atoms with Gasteiger partial charge in [-0.3, -0.25) is 4.98 Å². The van der Waals surface area contributed by atoms with Crippen LogP contribution in [0.4, 0.5) is 5.69 Å². The number of rotatable bonds is 6. The number of aliphatic hydroxyl groups excluding tert-OH is 1. The van der Waals surface area contributed by atoms with Crippen LogP contribution in [0.25, 0.3) is 10.2 Å². The number of thiophene rings is 1. The lowest BCUT2D eigenvalue weighted by Gasteiger charge is -2.06. The number of nitrogens with zero attached hydrogens (tertiary/aromatic N) is 3. The highest BCUT2D eigenvalue weighted by Gasteiger charge is 2.11. The van der Waals surface area contributed by atoms with Gasteiger partial charge in [0.05, 0.1) is 23.2 Å². The molecule has 0 unspecified atom stereocenters. The van der Waals surface area contributed by atoms with Gasteiger partial charge in [0.15, 0.2) is 0 Å². The van der Waals surface area contributed by atoms with Gasteiger partial charge in [-0.1, -0.05) is 0 Å². The van der Waals surface area contributed by atoms with Crippen molar-refractivity contribution in [1.82, 2.24) is 15.2 Å². The lowest BCUT2D eigenvalue weighted by molar-refractivity contribution is 0.266. The van der Waals surface area contributed by atoms with Crippen LogP contribution in [0.15, 0.2) is 36.8 Å². The molecule has 22 heavy (non-hydrogen) atoms. The summed E-state index contributed by atoms with van der Waals surface area (Å²) < 4.78 is 1.06. The second kappa shape index (κ2) is 6.78. The minimum absolute atomic E-state index is 0.0208. The smallest absolute Gasteiger partial charge is 0.106 e. The van der Waals surface area contributed by atoms with E-state index in [0.717, 1.165) is 26.3 Å². The monoisotopic (exact) mass is 315 g/mol. The standard InChI is InChI=1S/C15H17N5OS/c16-11(9-21)5-12-6-13-15(22-12)14(8-19-20-13)18-7-10-1-3-17-4-2-10/h1-4,6,8,11,21H,5,7,9,16H2,(H,18,20)/t11-/m1/s1. The van der Waals surface area contributed by atoms with Gasteiger partial charge in [-0.25, -0.2) is 0 Å². The van der Waals surface area contributed by atoms with Crippen LogP contribution in [-0.4, -0.2) is 32.9 Å². The summed E-state index contributed by atoms with van der Waals surface area (Å²) in [6.07, 6.45) is 5.92. The normalized spacial score (nSPS) is 12.5. The summed E-state index contributed by atoms with van der Waals surface area (Å²) >= 11 is 1.63. The Kier molecular flexibility index (Phi) is 4.57. The van der Waals surface area contributed by atoms with Crippen LogP contribution in [0.1, 0.15) is 10.4 Å². The van der Waals surface area contributed by atoms with E-state index in [1.165, 1.54) is 0 Å². The van der Waals surface area contributed by atoms with E-state index in [1.807, 2.05) is 18.2 Å². The molecule has 1 atom stereocenters. The average molecular weight is 315 g/mol. The molecule has 0 aliphatic heterocycles. The zero-order valence-corrected chi connectivity index (χ0v) is 12.8. The predicted octanol–water partition coefficient (Wildman–Crippen LogP) is 1.56. The maximum absolute atomic E-state index is 9.07. The van der Waals surface area contributed by atoms with E-state index < -0.39 is 0 Å². The average Bonchev–Trinajstić information content (AvgIpc) is 2.96. The van der Waals surface area contributed by atoms with Gasteiger partial charge in [0, 0.05) is 29.9 Å². The van der Waals surface area contributed by atoms with Crippen LogP contribution < -0.4 is 11.1 Å². The van der Waals surface area contributed by atoms with E-state index >= 15 is 0 Å². The van der Waals surface area contributed by atoms with Crippen molar-refractivity contribution in [2.75, 3.05) is 11.9 Å². The van der Waals surface area contributed by atoms with Crippen molar-refractivity contribution in [2.45, 2.75) is 19.0 Å². The first-order valence-corrected chi connectivity index (χ1v) is 7.81. The third kappa shape index (κ3) is 3.38. The molecule has 0 radical (unpaired) electrons. The first kappa shape index (κ1) is 14.8. The Morgan fingerprint density at radius 2 is 2.14 bits per heavy atom. The number of aromatic nitrogens is 3. The third-order valence-corrected chi connectivity index (χ3v) is 4.47. The molecule has 6 nitrogen and oxygen atoms in total. The SMILES string of the molecule is N[C@@H](CO)Cc1cc2nncc(NCc3ccncc3)c2s1. The lowest BCUT2D eigenvalue weighted by Crippen LogP contribution is -2.26. The first-order chi connectivity index (χ1) is 10.8. The molecule has 0 bridgehead atoms. The first-order valence-electron chi connectivity index (χ1n) is 6.99. The van der Waals surface area contributed by atoms with E-state index in [0.29, 0.717) is 13.0 Å². The molecule has 0 saturated carbocycles. The van der Waals surface area contributed by atoms with E-state index in [1.54, 1.807) is 29.9 Å². The second-order valence-electron chi connectivity index (χ2n) is 5.04. The summed E-state index contributed by atoms with van der Waals surface area (Å²) in [5.41, 5.74) is 8.76. The van der Waals surface area contributed by atoms with Crippen LogP contribution in [0, 0.1) is 0 Å². The third-order valence-electron chi connectivity index (χ3n) is 3.29. The molecule has 4 N–H and O–H groups in total. The molecule has 0 aromatic carbocycles. The quantitative estimate of drug-likeness (QED) is 0.639. The molecule has 0 spiro atoms. The van der Waals surface area contributed by atoms with Crippen LogP contribution >= 0.6 is 11.3 Å². The largest absolute Gasteiger partial charge is 0.395 e. The number of anilines is 1.